The van der Waals surface area contributed by atoms with Crippen LogP contribution in [0.4, 0.5) is 0 Å². The van der Waals surface area contributed by atoms with Crippen molar-refractivity contribution in [2.45, 2.75) is 26.3 Å². The maximum absolute atomic E-state index is 12.0. The predicted molar refractivity (Wildman–Crippen MR) is 73.1 cm³/mol. The van der Waals surface area contributed by atoms with Crippen molar-refractivity contribution in [3.63, 3.8) is 0 Å². The average Bonchev–Trinajstić information content (AvgIpc) is 2.84. The number of nitrogens with one attached hydrogen (secondary N) is 1. The summed E-state index contributed by atoms with van der Waals surface area (Å²) in [6, 6.07) is 0. The average molecular weight is 284 g/mol. The van der Waals surface area contributed by atoms with Crippen LogP contribution in [0.1, 0.15) is 23.5 Å². The first kappa shape index (κ1) is 14.4. The van der Waals surface area contributed by atoms with E-state index >= 15 is 0 Å². The van der Waals surface area contributed by atoms with Gasteiger partial charge in [-0.25, -0.2) is 4.98 Å². The standard InChI is InChI=1S/C13H20N2O3S/c1-10-8-19-11(15-10)7-14-9-13(12(16)17-2)3-5-18-6-4-13/h8,14H,3-7,9H2,1-2H3. The Morgan fingerprint density at radius 3 is 2.89 bits per heavy atom. The third-order valence-corrected chi connectivity index (χ3v) is 4.44. The minimum Gasteiger partial charge on any atom is -0.469 e. The number of ether oxygens (including phenoxy) is 2. The molecule has 2 rings (SSSR count). The van der Waals surface area contributed by atoms with E-state index in [1.807, 2.05) is 12.3 Å². The molecule has 1 saturated heterocycles. The lowest BCUT2D eigenvalue weighted by Gasteiger charge is -2.34. The molecule has 106 valence electrons. The van der Waals surface area contributed by atoms with Gasteiger partial charge in [0.25, 0.3) is 0 Å². The van der Waals surface area contributed by atoms with Crippen LogP contribution in [-0.2, 0) is 20.8 Å². The molecule has 0 atom stereocenters. The number of methoxy groups -OCH3 is 1. The Morgan fingerprint density at radius 2 is 2.32 bits per heavy atom. The van der Waals surface area contributed by atoms with Gasteiger partial charge in [-0.15, -0.1) is 11.3 Å². The molecule has 2 heterocycles. The first-order chi connectivity index (χ1) is 9.16. The minimum atomic E-state index is -0.445. The number of aromatic nitrogens is 1. The van der Waals surface area contributed by atoms with E-state index in [-0.39, 0.29) is 5.97 Å². The van der Waals surface area contributed by atoms with E-state index in [1.165, 1.54) is 7.11 Å². The fourth-order valence-corrected chi connectivity index (χ4v) is 3.07. The Bertz CT molecular complexity index is 427. The van der Waals surface area contributed by atoms with Gasteiger partial charge in [0.2, 0.25) is 0 Å². The van der Waals surface area contributed by atoms with Crippen molar-refractivity contribution < 1.29 is 14.3 Å². The van der Waals surface area contributed by atoms with Gasteiger partial charge in [-0.1, -0.05) is 0 Å². The zero-order chi connectivity index (χ0) is 13.7. The highest BCUT2D eigenvalue weighted by atomic mass is 32.1. The second-order valence-electron chi connectivity index (χ2n) is 4.87. The van der Waals surface area contributed by atoms with E-state index < -0.39 is 5.41 Å². The van der Waals surface area contributed by atoms with E-state index in [1.54, 1.807) is 11.3 Å². The monoisotopic (exact) mass is 284 g/mol. The maximum Gasteiger partial charge on any atom is 0.313 e. The van der Waals surface area contributed by atoms with Gasteiger partial charge in [0.05, 0.1) is 12.5 Å². The van der Waals surface area contributed by atoms with Crippen LogP contribution in [-0.4, -0.2) is 37.8 Å². The van der Waals surface area contributed by atoms with Crippen molar-refractivity contribution >= 4 is 17.3 Å². The molecular weight excluding hydrogens is 264 g/mol. The largest absolute Gasteiger partial charge is 0.469 e. The van der Waals surface area contributed by atoms with Gasteiger partial charge in [-0.2, -0.15) is 0 Å². The van der Waals surface area contributed by atoms with Gasteiger partial charge in [0.15, 0.2) is 0 Å². The molecule has 0 saturated carbocycles. The van der Waals surface area contributed by atoms with E-state index in [0.717, 1.165) is 10.7 Å². The van der Waals surface area contributed by atoms with Crippen LogP contribution in [0.25, 0.3) is 0 Å². The smallest absolute Gasteiger partial charge is 0.313 e. The molecule has 0 aliphatic carbocycles. The molecular formula is C13H20N2O3S. The van der Waals surface area contributed by atoms with E-state index in [2.05, 4.69) is 10.3 Å². The molecule has 0 unspecified atom stereocenters. The van der Waals surface area contributed by atoms with Crippen LogP contribution in [0.3, 0.4) is 0 Å². The topological polar surface area (TPSA) is 60.5 Å². The van der Waals surface area contributed by atoms with Crippen molar-refractivity contribution in [1.82, 2.24) is 10.3 Å². The van der Waals surface area contributed by atoms with Crippen LogP contribution >= 0.6 is 11.3 Å². The number of rotatable bonds is 5. The predicted octanol–water partition coefficient (Wildman–Crippen LogP) is 1.51. The molecule has 19 heavy (non-hydrogen) atoms. The Kier molecular flexibility index (Phi) is 4.90. The summed E-state index contributed by atoms with van der Waals surface area (Å²) >= 11 is 1.63. The number of nitrogens with zero attached hydrogens (tertiary/aromatic N) is 1. The number of carbonyl (C=O) groups excluding carboxylic acids is 1. The van der Waals surface area contributed by atoms with Crippen molar-refractivity contribution in [2.24, 2.45) is 5.41 Å². The van der Waals surface area contributed by atoms with Crippen LogP contribution in [0.2, 0.25) is 0 Å². The summed E-state index contributed by atoms with van der Waals surface area (Å²) in [5.41, 5.74) is 0.592. The van der Waals surface area contributed by atoms with E-state index in [9.17, 15) is 4.79 Å². The number of hydrogen-bond donors (Lipinski definition) is 1. The van der Waals surface area contributed by atoms with Crippen LogP contribution < -0.4 is 5.32 Å². The molecule has 1 aromatic heterocycles. The molecule has 0 aromatic carbocycles. The molecule has 0 spiro atoms. The summed E-state index contributed by atoms with van der Waals surface area (Å²) in [6.45, 7) is 4.52. The normalized spacial score (nSPS) is 18.2. The van der Waals surface area contributed by atoms with Gasteiger partial charge in [-0.05, 0) is 19.8 Å². The summed E-state index contributed by atoms with van der Waals surface area (Å²) in [5, 5.41) is 6.41. The quantitative estimate of drug-likeness (QED) is 0.831. The summed E-state index contributed by atoms with van der Waals surface area (Å²) in [5.74, 6) is -0.140. The number of aryl methyl sites for hydroxylation is 1. The minimum absolute atomic E-state index is 0.140. The molecule has 6 heteroatoms. The lowest BCUT2D eigenvalue weighted by molar-refractivity contribution is -0.158. The number of thiazole rings is 1. The second-order valence-corrected chi connectivity index (χ2v) is 5.81. The zero-order valence-corrected chi connectivity index (χ0v) is 12.2. The third kappa shape index (κ3) is 3.52. The van der Waals surface area contributed by atoms with Crippen LogP contribution in [0.15, 0.2) is 5.38 Å². The highest BCUT2D eigenvalue weighted by molar-refractivity contribution is 7.09. The third-order valence-electron chi connectivity index (χ3n) is 3.47. The first-order valence-corrected chi connectivity index (χ1v) is 7.32. The molecule has 1 N–H and O–H groups in total. The Labute approximate surface area is 117 Å². The van der Waals surface area contributed by atoms with Crippen molar-refractivity contribution in [2.75, 3.05) is 26.9 Å². The summed E-state index contributed by atoms with van der Waals surface area (Å²) in [4.78, 5) is 16.4. The maximum atomic E-state index is 12.0. The van der Waals surface area contributed by atoms with Gasteiger partial charge < -0.3 is 14.8 Å². The highest BCUT2D eigenvalue weighted by Crippen LogP contribution is 2.31. The summed E-state index contributed by atoms with van der Waals surface area (Å²) < 4.78 is 10.3. The van der Waals surface area contributed by atoms with Crippen LogP contribution in [0.5, 0.6) is 0 Å². The molecule has 1 aromatic rings. The molecule has 1 fully saturated rings. The number of esters is 1. The Hall–Kier alpha value is -0.980. The lowest BCUT2D eigenvalue weighted by atomic mass is 9.80. The fourth-order valence-electron chi connectivity index (χ4n) is 2.32. The molecule has 0 bridgehead atoms. The van der Waals surface area contributed by atoms with Gasteiger partial charge in [0.1, 0.15) is 5.01 Å². The Morgan fingerprint density at radius 1 is 1.58 bits per heavy atom. The Balaban J connectivity index is 1.91. The lowest BCUT2D eigenvalue weighted by Crippen LogP contribution is -2.45. The molecule has 5 nitrogen and oxygen atoms in total. The van der Waals surface area contributed by atoms with Crippen molar-refractivity contribution in [3.8, 4) is 0 Å². The second kappa shape index (κ2) is 6.45. The van der Waals surface area contributed by atoms with E-state index in [0.29, 0.717) is 39.1 Å². The van der Waals surface area contributed by atoms with Gasteiger partial charge >= 0.3 is 5.97 Å². The van der Waals surface area contributed by atoms with Crippen LogP contribution in [0, 0.1) is 12.3 Å². The highest BCUT2D eigenvalue weighted by Gasteiger charge is 2.40. The molecule has 0 amide bonds. The van der Waals surface area contributed by atoms with Crippen molar-refractivity contribution in [3.05, 3.63) is 16.1 Å². The van der Waals surface area contributed by atoms with E-state index in [4.69, 9.17) is 9.47 Å². The number of hydrogen-bond acceptors (Lipinski definition) is 6. The number of carbonyl (C=O) groups is 1. The van der Waals surface area contributed by atoms with Gasteiger partial charge in [-0.3, -0.25) is 4.79 Å². The zero-order valence-electron chi connectivity index (χ0n) is 11.4. The first-order valence-electron chi connectivity index (χ1n) is 6.44. The molecule has 1 aliphatic heterocycles. The summed E-state index contributed by atoms with van der Waals surface area (Å²) in [7, 11) is 1.45. The fraction of sp³-hybridized carbons (Fsp3) is 0.692. The molecule has 0 radical (unpaired) electrons. The molecule has 1 aliphatic rings. The van der Waals surface area contributed by atoms with Gasteiger partial charge in [0, 0.05) is 37.4 Å². The van der Waals surface area contributed by atoms with Crippen molar-refractivity contribution in [1.29, 1.82) is 0 Å². The summed E-state index contributed by atoms with van der Waals surface area (Å²) in [6.07, 6.45) is 1.42. The SMILES string of the molecule is COC(=O)C1(CNCc2nc(C)cs2)CCOCC1.